The van der Waals surface area contributed by atoms with Crippen molar-refractivity contribution in [3.05, 3.63) is 28.8 Å². The Labute approximate surface area is 256 Å². The van der Waals surface area contributed by atoms with E-state index in [4.69, 9.17) is 14.2 Å². The molecule has 0 bridgehead atoms. The van der Waals surface area contributed by atoms with Gasteiger partial charge in [-0.2, -0.15) is 0 Å². The van der Waals surface area contributed by atoms with Crippen LogP contribution in [0.5, 0.6) is 5.75 Å². The molecule has 240 valence electrons. The first kappa shape index (κ1) is 37.7. The van der Waals surface area contributed by atoms with Gasteiger partial charge in [0.2, 0.25) is 0 Å². The highest BCUT2D eigenvalue weighted by Gasteiger charge is 2.23. The van der Waals surface area contributed by atoms with Gasteiger partial charge in [-0.3, -0.25) is 14.4 Å². The molecule has 6 nitrogen and oxygen atoms in total. The van der Waals surface area contributed by atoms with Gasteiger partial charge in [-0.1, -0.05) is 119 Å². The Bertz CT molecular complexity index is 863. The zero-order valence-corrected chi connectivity index (χ0v) is 27.7. The van der Waals surface area contributed by atoms with Crippen LogP contribution in [0, 0.1) is 0 Å². The van der Waals surface area contributed by atoms with E-state index in [-0.39, 0.29) is 36.5 Å². The number of unbranched alkanes of at least 4 members (excludes halogenated alkanes) is 12. The lowest BCUT2D eigenvalue weighted by Crippen LogP contribution is -2.17. The Hall–Kier alpha value is -2.37. The molecule has 0 amide bonds. The number of benzene rings is 1. The summed E-state index contributed by atoms with van der Waals surface area (Å²) in [6.45, 7) is 12.8. The first-order valence-corrected chi connectivity index (χ1v) is 16.8. The van der Waals surface area contributed by atoms with Gasteiger partial charge in [-0.05, 0) is 42.4 Å². The highest BCUT2D eigenvalue weighted by molar-refractivity contribution is 5.74. The predicted molar refractivity (Wildman–Crippen MR) is 170 cm³/mol. The summed E-state index contributed by atoms with van der Waals surface area (Å²) in [5.41, 5.74) is 2.05. The Morgan fingerprint density at radius 3 is 1.26 bits per heavy atom. The monoisotopic (exact) mass is 588 g/mol. The number of esters is 3. The van der Waals surface area contributed by atoms with E-state index in [1.54, 1.807) is 0 Å². The molecule has 0 saturated heterocycles. The van der Waals surface area contributed by atoms with E-state index >= 15 is 0 Å². The van der Waals surface area contributed by atoms with Gasteiger partial charge in [0.25, 0.3) is 0 Å². The van der Waals surface area contributed by atoms with Crippen LogP contribution in [-0.4, -0.2) is 17.9 Å². The summed E-state index contributed by atoms with van der Waals surface area (Å²) < 4.78 is 17.3. The third-order valence-corrected chi connectivity index (χ3v) is 7.56. The van der Waals surface area contributed by atoms with Crippen molar-refractivity contribution in [1.29, 1.82) is 0 Å². The Balaban J connectivity index is 3.09. The van der Waals surface area contributed by atoms with E-state index in [2.05, 4.69) is 41.5 Å². The molecule has 0 saturated carbocycles. The van der Waals surface area contributed by atoms with Gasteiger partial charge in [0.1, 0.15) is 19.0 Å². The average molecular weight is 589 g/mol. The smallest absolute Gasteiger partial charge is 0.311 e. The molecule has 0 unspecified atom stereocenters. The largest absolute Gasteiger partial charge is 0.461 e. The molecule has 1 rings (SSSR count). The maximum absolute atomic E-state index is 12.9. The molecule has 0 N–H and O–H groups in total. The van der Waals surface area contributed by atoms with Crippen molar-refractivity contribution in [2.24, 2.45) is 0 Å². The summed E-state index contributed by atoms with van der Waals surface area (Å²) in [6.07, 6.45) is 16.8. The number of hydrogen-bond donors (Lipinski definition) is 0. The second kappa shape index (κ2) is 22.2. The average Bonchev–Trinajstić information content (AvgIpc) is 2.94. The van der Waals surface area contributed by atoms with Crippen LogP contribution in [0.4, 0.5) is 0 Å². The number of carbonyl (C=O) groups excluding carboxylic acids is 3. The van der Waals surface area contributed by atoms with Crippen LogP contribution in [0.25, 0.3) is 0 Å². The van der Waals surface area contributed by atoms with Gasteiger partial charge in [0.05, 0.1) is 0 Å². The van der Waals surface area contributed by atoms with Gasteiger partial charge >= 0.3 is 17.9 Å². The molecule has 0 spiro atoms. The Morgan fingerprint density at radius 1 is 0.548 bits per heavy atom. The van der Waals surface area contributed by atoms with E-state index in [1.165, 1.54) is 12.8 Å². The van der Waals surface area contributed by atoms with Crippen LogP contribution in [0.2, 0.25) is 0 Å². The van der Waals surface area contributed by atoms with Crippen molar-refractivity contribution < 1.29 is 28.6 Å². The third-order valence-electron chi connectivity index (χ3n) is 7.56. The highest BCUT2D eigenvalue weighted by Crippen LogP contribution is 2.34. The van der Waals surface area contributed by atoms with Crippen molar-refractivity contribution in [1.82, 2.24) is 0 Å². The van der Waals surface area contributed by atoms with E-state index in [0.717, 1.165) is 89.0 Å². The lowest BCUT2D eigenvalue weighted by atomic mass is 9.84. The molecular weight excluding hydrogens is 528 g/mol. The van der Waals surface area contributed by atoms with Crippen molar-refractivity contribution in [2.45, 2.75) is 176 Å². The highest BCUT2D eigenvalue weighted by atomic mass is 16.6. The maximum Gasteiger partial charge on any atom is 0.311 e. The third kappa shape index (κ3) is 16.9. The zero-order valence-electron chi connectivity index (χ0n) is 27.7. The SMILES string of the molecule is CCCCCCCC(=O)OCc1cc(C(C)(C)C)cc(COC(=O)CCCCCCC)c1OC(=O)CCCCCCC. The normalized spacial score (nSPS) is 11.4. The fraction of sp³-hybridized carbons (Fsp3) is 0.750. The maximum atomic E-state index is 12.9. The van der Waals surface area contributed by atoms with Crippen LogP contribution >= 0.6 is 0 Å². The van der Waals surface area contributed by atoms with Gasteiger partial charge in [-0.15, -0.1) is 0 Å². The lowest BCUT2D eigenvalue weighted by Gasteiger charge is -2.24. The number of carbonyl (C=O) groups is 3. The quantitative estimate of drug-likeness (QED) is 0.0719. The number of ether oxygens (including phenoxy) is 3. The molecule has 1 aromatic rings. The summed E-state index contributed by atoms with van der Waals surface area (Å²) >= 11 is 0. The predicted octanol–water partition coefficient (Wildman–Crippen LogP) is 10.1. The van der Waals surface area contributed by atoms with E-state index in [9.17, 15) is 14.4 Å². The summed E-state index contributed by atoms with van der Waals surface area (Å²) in [5, 5.41) is 0. The van der Waals surface area contributed by atoms with Crippen molar-refractivity contribution in [3.8, 4) is 5.75 Å². The molecule has 42 heavy (non-hydrogen) atoms. The molecule has 0 aromatic heterocycles. The van der Waals surface area contributed by atoms with Crippen LogP contribution in [0.1, 0.15) is 174 Å². The number of rotatable bonds is 23. The van der Waals surface area contributed by atoms with Gasteiger partial charge < -0.3 is 14.2 Å². The summed E-state index contributed by atoms with van der Waals surface area (Å²) in [7, 11) is 0. The zero-order chi connectivity index (χ0) is 31.2. The summed E-state index contributed by atoms with van der Waals surface area (Å²) in [6, 6.07) is 3.91. The van der Waals surface area contributed by atoms with Gasteiger partial charge in [0, 0.05) is 30.4 Å². The summed E-state index contributed by atoms with van der Waals surface area (Å²) in [4.78, 5) is 38.0. The molecule has 0 aliphatic heterocycles. The topological polar surface area (TPSA) is 78.9 Å². The van der Waals surface area contributed by atoms with E-state index in [1.807, 2.05) is 12.1 Å². The molecular formula is C36H60O6. The Kier molecular flexibility index (Phi) is 19.9. The second-order valence-electron chi connectivity index (χ2n) is 12.7. The molecule has 1 aromatic carbocycles. The minimum absolute atomic E-state index is 0.00913. The minimum Gasteiger partial charge on any atom is -0.461 e. The molecule has 0 aliphatic carbocycles. The van der Waals surface area contributed by atoms with Crippen molar-refractivity contribution >= 4 is 17.9 Å². The first-order valence-electron chi connectivity index (χ1n) is 16.8. The molecule has 0 aliphatic rings. The molecule has 6 heteroatoms. The van der Waals surface area contributed by atoms with Crippen LogP contribution in [0.3, 0.4) is 0 Å². The van der Waals surface area contributed by atoms with Gasteiger partial charge in [-0.25, -0.2) is 0 Å². The second-order valence-corrected chi connectivity index (χ2v) is 12.7. The first-order chi connectivity index (χ1) is 20.1. The van der Waals surface area contributed by atoms with Crippen molar-refractivity contribution in [2.75, 3.05) is 0 Å². The fourth-order valence-corrected chi connectivity index (χ4v) is 4.78. The van der Waals surface area contributed by atoms with E-state index < -0.39 is 0 Å². The molecule has 0 fully saturated rings. The molecule has 0 radical (unpaired) electrons. The van der Waals surface area contributed by atoms with Crippen molar-refractivity contribution in [3.63, 3.8) is 0 Å². The van der Waals surface area contributed by atoms with Crippen LogP contribution in [0.15, 0.2) is 12.1 Å². The van der Waals surface area contributed by atoms with E-state index in [0.29, 0.717) is 36.1 Å². The summed E-state index contributed by atoms with van der Waals surface area (Å²) in [5.74, 6) is -0.469. The number of hydrogen-bond acceptors (Lipinski definition) is 6. The van der Waals surface area contributed by atoms with Crippen LogP contribution in [-0.2, 0) is 42.5 Å². The van der Waals surface area contributed by atoms with Gasteiger partial charge in [0.15, 0.2) is 0 Å². The van der Waals surface area contributed by atoms with Crippen LogP contribution < -0.4 is 4.74 Å². The fourth-order valence-electron chi connectivity index (χ4n) is 4.78. The Morgan fingerprint density at radius 2 is 0.905 bits per heavy atom. The standard InChI is InChI=1S/C36H60O6/c1-7-10-13-16-19-22-32(37)40-27-29-25-31(36(4,5)6)26-30(28-41-33(38)23-20-17-14-11-8-2)35(29)42-34(39)24-21-18-15-12-9-3/h25-26H,7-24,27-28H2,1-6H3. The minimum atomic E-state index is -0.318. The lowest BCUT2D eigenvalue weighted by molar-refractivity contribution is -0.145. The molecule has 0 heterocycles. The molecule has 0 atom stereocenters.